The number of halogens is 1. The summed E-state index contributed by atoms with van der Waals surface area (Å²) >= 11 is 0. The third-order valence-electron chi connectivity index (χ3n) is 5.06. The monoisotopic (exact) mass is 426 g/mol. The summed E-state index contributed by atoms with van der Waals surface area (Å²) in [5.41, 5.74) is 3.78. The molecule has 158 valence electrons. The fraction of sp³-hybridized carbons (Fsp3) is 0.304. The van der Waals surface area contributed by atoms with Crippen LogP contribution in [-0.4, -0.2) is 35.4 Å². The molecule has 1 aliphatic rings. The van der Waals surface area contributed by atoms with Gasteiger partial charge in [-0.2, -0.15) is 5.10 Å². The molecule has 0 aliphatic carbocycles. The number of nitrogens with one attached hydrogen (secondary N) is 2. The Morgan fingerprint density at radius 2 is 1.97 bits per heavy atom. The van der Waals surface area contributed by atoms with Gasteiger partial charge in [-0.3, -0.25) is 4.79 Å². The maximum Gasteiger partial charge on any atom is 0.275 e. The van der Waals surface area contributed by atoms with Crippen molar-refractivity contribution in [3.8, 4) is 11.4 Å². The van der Waals surface area contributed by atoms with Crippen LogP contribution in [0.15, 0.2) is 60.8 Å². The molecule has 2 N–H and O–H groups in total. The van der Waals surface area contributed by atoms with E-state index >= 15 is 0 Å². The minimum absolute atomic E-state index is 0. The van der Waals surface area contributed by atoms with Crippen molar-refractivity contribution in [2.45, 2.75) is 25.8 Å². The van der Waals surface area contributed by atoms with Gasteiger partial charge < -0.3 is 15.4 Å². The Kier molecular flexibility index (Phi) is 7.49. The van der Waals surface area contributed by atoms with Gasteiger partial charge in [0, 0.05) is 12.6 Å². The van der Waals surface area contributed by atoms with E-state index in [1.165, 1.54) is 11.1 Å². The Morgan fingerprint density at radius 3 is 2.77 bits per heavy atom. The molecule has 0 fully saturated rings. The number of nitrogens with zero attached hydrogens (tertiary/aromatic N) is 2. The van der Waals surface area contributed by atoms with E-state index in [0.717, 1.165) is 25.1 Å². The van der Waals surface area contributed by atoms with Crippen LogP contribution in [0.4, 0.5) is 0 Å². The highest BCUT2D eigenvalue weighted by molar-refractivity contribution is 5.95. The summed E-state index contributed by atoms with van der Waals surface area (Å²) in [4.78, 5) is 12.9. The Bertz CT molecular complexity index is 974. The summed E-state index contributed by atoms with van der Waals surface area (Å²) in [5, 5.41) is 11.0. The number of ether oxygens (including phenoxy) is 1. The average Bonchev–Trinajstić information content (AvgIpc) is 3.21. The molecular weight excluding hydrogens is 400 g/mol. The van der Waals surface area contributed by atoms with Crippen LogP contribution in [-0.2, 0) is 6.42 Å². The second-order valence-electron chi connectivity index (χ2n) is 7.14. The van der Waals surface area contributed by atoms with E-state index in [-0.39, 0.29) is 24.4 Å². The van der Waals surface area contributed by atoms with Crippen LogP contribution in [0.2, 0.25) is 0 Å². The molecule has 1 atom stereocenters. The zero-order valence-corrected chi connectivity index (χ0v) is 17.8. The second kappa shape index (κ2) is 10.3. The Morgan fingerprint density at radius 1 is 1.20 bits per heavy atom. The Balaban J connectivity index is 0.00000256. The van der Waals surface area contributed by atoms with Crippen LogP contribution in [0.5, 0.6) is 5.75 Å². The standard InChI is InChI=1S/C23H26N4O2.ClH/c1-2-14-29-21-16-27(18-9-4-3-5-10-18)26-22(21)23(28)25-15-20-19-11-7-6-8-17(19)12-13-24-20;/h3-11,16,20,24H,2,12-15H2,1H3,(H,25,28);1H. The maximum absolute atomic E-state index is 12.9. The Hall–Kier alpha value is -2.83. The van der Waals surface area contributed by atoms with Gasteiger partial charge in [-0.25, -0.2) is 4.68 Å². The lowest BCUT2D eigenvalue weighted by Crippen LogP contribution is -2.39. The number of amides is 1. The van der Waals surface area contributed by atoms with Gasteiger partial charge in [-0.05, 0) is 42.6 Å². The number of hydrogen-bond acceptors (Lipinski definition) is 4. The first kappa shape index (κ1) is 21.9. The van der Waals surface area contributed by atoms with Crippen molar-refractivity contribution in [2.24, 2.45) is 0 Å². The molecule has 0 bridgehead atoms. The minimum Gasteiger partial charge on any atom is -0.489 e. The van der Waals surface area contributed by atoms with E-state index in [1.807, 2.05) is 43.3 Å². The number of carbonyl (C=O) groups excluding carboxylic acids is 1. The lowest BCUT2D eigenvalue weighted by Gasteiger charge is -2.27. The summed E-state index contributed by atoms with van der Waals surface area (Å²) < 4.78 is 7.49. The lowest BCUT2D eigenvalue weighted by molar-refractivity contribution is 0.0939. The van der Waals surface area contributed by atoms with Crippen LogP contribution < -0.4 is 15.4 Å². The first-order valence-electron chi connectivity index (χ1n) is 10.1. The summed E-state index contributed by atoms with van der Waals surface area (Å²) in [5.74, 6) is 0.279. The van der Waals surface area contributed by atoms with Crippen LogP contribution in [0.25, 0.3) is 5.69 Å². The highest BCUT2D eigenvalue weighted by Crippen LogP contribution is 2.23. The van der Waals surface area contributed by atoms with Gasteiger partial charge in [0.2, 0.25) is 0 Å². The number of para-hydroxylation sites is 1. The molecule has 6 nitrogen and oxygen atoms in total. The summed E-state index contributed by atoms with van der Waals surface area (Å²) in [6, 6.07) is 18.2. The fourth-order valence-electron chi connectivity index (χ4n) is 3.60. The first-order chi connectivity index (χ1) is 14.3. The summed E-state index contributed by atoms with van der Waals surface area (Å²) in [6.45, 7) is 3.98. The predicted octanol–water partition coefficient (Wildman–Crippen LogP) is 3.70. The normalized spacial score (nSPS) is 15.0. The number of benzene rings is 2. The molecule has 3 aromatic rings. The molecule has 1 unspecified atom stereocenters. The predicted molar refractivity (Wildman–Crippen MR) is 120 cm³/mol. The molecule has 1 aliphatic heterocycles. The van der Waals surface area contributed by atoms with Crippen molar-refractivity contribution >= 4 is 18.3 Å². The molecule has 2 heterocycles. The molecule has 0 saturated heterocycles. The van der Waals surface area contributed by atoms with E-state index in [2.05, 4.69) is 33.9 Å². The van der Waals surface area contributed by atoms with Gasteiger partial charge in [-0.15, -0.1) is 12.4 Å². The van der Waals surface area contributed by atoms with E-state index in [0.29, 0.717) is 24.6 Å². The van der Waals surface area contributed by atoms with Crippen molar-refractivity contribution in [1.82, 2.24) is 20.4 Å². The molecule has 4 rings (SSSR count). The topological polar surface area (TPSA) is 68.2 Å². The van der Waals surface area contributed by atoms with Crippen molar-refractivity contribution in [3.05, 3.63) is 77.6 Å². The number of rotatable bonds is 7. The van der Waals surface area contributed by atoms with Gasteiger partial charge in [0.15, 0.2) is 11.4 Å². The summed E-state index contributed by atoms with van der Waals surface area (Å²) in [6.07, 6.45) is 3.64. The molecule has 0 saturated carbocycles. The van der Waals surface area contributed by atoms with Gasteiger partial charge in [0.05, 0.1) is 18.5 Å². The molecule has 1 amide bonds. The van der Waals surface area contributed by atoms with Gasteiger partial charge >= 0.3 is 0 Å². The molecule has 30 heavy (non-hydrogen) atoms. The third-order valence-corrected chi connectivity index (χ3v) is 5.06. The van der Waals surface area contributed by atoms with E-state index in [4.69, 9.17) is 4.74 Å². The van der Waals surface area contributed by atoms with Crippen molar-refractivity contribution in [1.29, 1.82) is 0 Å². The molecule has 0 spiro atoms. The third kappa shape index (κ3) is 4.83. The molecule has 1 aromatic heterocycles. The van der Waals surface area contributed by atoms with Gasteiger partial charge in [0.25, 0.3) is 5.91 Å². The van der Waals surface area contributed by atoms with Gasteiger partial charge in [-0.1, -0.05) is 49.4 Å². The zero-order chi connectivity index (χ0) is 20.1. The number of hydrogen-bond donors (Lipinski definition) is 2. The number of aromatic nitrogens is 2. The van der Waals surface area contributed by atoms with Crippen molar-refractivity contribution < 1.29 is 9.53 Å². The molecule has 2 aromatic carbocycles. The Labute approximate surface area is 183 Å². The van der Waals surface area contributed by atoms with Crippen LogP contribution >= 0.6 is 12.4 Å². The van der Waals surface area contributed by atoms with Crippen LogP contribution in [0.1, 0.15) is 41.0 Å². The summed E-state index contributed by atoms with van der Waals surface area (Å²) in [7, 11) is 0. The number of fused-ring (bicyclic) bond motifs is 1. The van der Waals surface area contributed by atoms with E-state index in [9.17, 15) is 4.79 Å². The largest absolute Gasteiger partial charge is 0.489 e. The fourth-order valence-corrected chi connectivity index (χ4v) is 3.60. The quantitative estimate of drug-likeness (QED) is 0.604. The lowest BCUT2D eigenvalue weighted by atomic mass is 9.94. The average molecular weight is 427 g/mol. The molecule has 7 heteroatoms. The number of carbonyl (C=O) groups is 1. The molecule has 0 radical (unpaired) electrons. The second-order valence-corrected chi connectivity index (χ2v) is 7.14. The van der Waals surface area contributed by atoms with E-state index < -0.39 is 0 Å². The van der Waals surface area contributed by atoms with Crippen LogP contribution in [0, 0.1) is 0 Å². The SMILES string of the molecule is CCCOc1cn(-c2ccccc2)nc1C(=O)NCC1NCCc2ccccc21.Cl. The van der Waals surface area contributed by atoms with Gasteiger partial charge in [0.1, 0.15) is 0 Å². The molecular formula is C23H27ClN4O2. The first-order valence-corrected chi connectivity index (χ1v) is 10.1. The minimum atomic E-state index is -0.226. The highest BCUT2D eigenvalue weighted by atomic mass is 35.5. The zero-order valence-electron chi connectivity index (χ0n) is 17.0. The smallest absolute Gasteiger partial charge is 0.275 e. The van der Waals surface area contributed by atoms with Crippen LogP contribution in [0.3, 0.4) is 0 Å². The van der Waals surface area contributed by atoms with Crippen molar-refractivity contribution in [2.75, 3.05) is 19.7 Å². The van der Waals surface area contributed by atoms with Crippen molar-refractivity contribution in [3.63, 3.8) is 0 Å². The maximum atomic E-state index is 12.9. The van der Waals surface area contributed by atoms with E-state index in [1.54, 1.807) is 10.9 Å². The highest BCUT2D eigenvalue weighted by Gasteiger charge is 2.23.